The van der Waals surface area contributed by atoms with Crippen molar-refractivity contribution >= 4 is 27.6 Å². The van der Waals surface area contributed by atoms with E-state index in [1.165, 1.54) is 19.8 Å². The summed E-state index contributed by atoms with van der Waals surface area (Å²) >= 11 is 0. The molecule has 1 aliphatic rings. The Bertz CT molecular complexity index is 1100. The highest BCUT2D eigenvalue weighted by Gasteiger charge is 2.23. The third-order valence-electron chi connectivity index (χ3n) is 6.32. The summed E-state index contributed by atoms with van der Waals surface area (Å²) in [4.78, 5) is 14.3. The van der Waals surface area contributed by atoms with Gasteiger partial charge in [0.25, 0.3) is 0 Å². The number of carbonyl (C=O) groups excluding carboxylic acids is 1. The molecule has 1 aliphatic heterocycles. The van der Waals surface area contributed by atoms with Gasteiger partial charge in [-0.2, -0.15) is 0 Å². The summed E-state index contributed by atoms with van der Waals surface area (Å²) in [5.74, 6) is -0.190. The van der Waals surface area contributed by atoms with Crippen LogP contribution in [0.2, 0.25) is 0 Å². The number of hydrogen-bond donors (Lipinski definition) is 3. The summed E-state index contributed by atoms with van der Waals surface area (Å²) in [7, 11) is 2.15. The van der Waals surface area contributed by atoms with E-state index in [0.717, 1.165) is 41.3 Å². The molecule has 2 unspecified atom stereocenters. The molecule has 2 atom stereocenters. The number of rotatable bonds is 5. The fourth-order valence-corrected chi connectivity index (χ4v) is 4.66. The van der Waals surface area contributed by atoms with Crippen LogP contribution >= 0.6 is 0 Å². The average Bonchev–Trinajstić information content (AvgIpc) is 3.18. The summed E-state index contributed by atoms with van der Waals surface area (Å²) in [6.07, 6.45) is 2.53. The number of aromatic hydroxyl groups is 2. The number of phenols is 2. The average molecular weight is 396 g/mol. The Kier molecular flexibility index (Phi) is 5.00. The molecule has 0 bridgehead atoms. The molecule has 3 aromatic rings. The van der Waals surface area contributed by atoms with Gasteiger partial charge in [0.1, 0.15) is 11.5 Å². The lowest BCUT2D eigenvalue weighted by Gasteiger charge is -2.20. The number of benzene rings is 2. The van der Waals surface area contributed by atoms with E-state index in [2.05, 4.69) is 16.5 Å². The third kappa shape index (κ3) is 3.36. The summed E-state index contributed by atoms with van der Waals surface area (Å²) in [6.45, 7) is 4.90. The van der Waals surface area contributed by atoms with E-state index < -0.39 is 6.10 Å². The highest BCUT2D eigenvalue weighted by atomic mass is 16.3. The van der Waals surface area contributed by atoms with Crippen LogP contribution in [0.4, 0.5) is 0 Å². The number of fused-ring (bicyclic) bond motifs is 3. The number of ketones is 1. The smallest absolute Gasteiger partial charge is 0.163 e. The van der Waals surface area contributed by atoms with Crippen LogP contribution in [0.25, 0.3) is 21.8 Å². The van der Waals surface area contributed by atoms with Gasteiger partial charge in [0.2, 0.25) is 0 Å². The number of aryl methyl sites for hydroxylation is 1. The van der Waals surface area contributed by atoms with E-state index in [0.29, 0.717) is 11.6 Å². The van der Waals surface area contributed by atoms with E-state index in [1.807, 2.05) is 0 Å². The number of aromatic nitrogens is 1. The molecule has 0 aliphatic carbocycles. The number of phenolic OH excluding ortho intramolecular Hbond substituents is 2. The molecule has 0 saturated carbocycles. The van der Waals surface area contributed by atoms with Gasteiger partial charge in [-0.05, 0) is 58.8 Å². The quantitative estimate of drug-likeness (QED) is 0.569. The van der Waals surface area contributed by atoms with Crippen molar-refractivity contribution in [2.45, 2.75) is 51.8 Å². The van der Waals surface area contributed by atoms with Crippen LogP contribution in [0.5, 0.6) is 11.5 Å². The van der Waals surface area contributed by atoms with Crippen molar-refractivity contribution in [1.82, 2.24) is 9.47 Å². The lowest BCUT2D eigenvalue weighted by molar-refractivity contribution is 0.101. The maximum absolute atomic E-state index is 12.0. The Balaban J connectivity index is 1.92. The minimum Gasteiger partial charge on any atom is -0.507 e. The Labute approximate surface area is 170 Å². The van der Waals surface area contributed by atoms with Crippen molar-refractivity contribution in [3.8, 4) is 11.5 Å². The maximum Gasteiger partial charge on any atom is 0.163 e. The van der Waals surface area contributed by atoms with Crippen LogP contribution in [-0.4, -0.2) is 50.2 Å². The largest absolute Gasteiger partial charge is 0.507 e. The molecule has 6 heteroatoms. The molecular weight excluding hydrogens is 368 g/mol. The second-order valence-corrected chi connectivity index (χ2v) is 8.26. The molecule has 154 valence electrons. The lowest BCUT2D eigenvalue weighted by atomic mass is 10.0. The van der Waals surface area contributed by atoms with Gasteiger partial charge in [-0.15, -0.1) is 0 Å². The highest BCUT2D eigenvalue weighted by molar-refractivity contribution is 6.12. The van der Waals surface area contributed by atoms with Crippen LogP contribution in [0, 0.1) is 0 Å². The maximum atomic E-state index is 12.0. The van der Waals surface area contributed by atoms with Crippen molar-refractivity contribution in [3.05, 3.63) is 35.4 Å². The van der Waals surface area contributed by atoms with Gasteiger partial charge in [-0.3, -0.25) is 4.79 Å². The third-order valence-corrected chi connectivity index (χ3v) is 6.32. The number of aliphatic hydroxyl groups is 1. The van der Waals surface area contributed by atoms with Crippen molar-refractivity contribution < 1.29 is 20.1 Å². The molecule has 0 amide bonds. The Morgan fingerprint density at radius 2 is 1.79 bits per heavy atom. The molecule has 6 nitrogen and oxygen atoms in total. The first kappa shape index (κ1) is 19.7. The topological polar surface area (TPSA) is 85.9 Å². The van der Waals surface area contributed by atoms with Crippen molar-refractivity contribution in [2.24, 2.45) is 0 Å². The van der Waals surface area contributed by atoms with Crippen molar-refractivity contribution in [2.75, 3.05) is 13.6 Å². The predicted molar refractivity (Wildman–Crippen MR) is 114 cm³/mol. The second-order valence-electron chi connectivity index (χ2n) is 8.26. The fourth-order valence-electron chi connectivity index (χ4n) is 4.66. The van der Waals surface area contributed by atoms with Gasteiger partial charge >= 0.3 is 0 Å². The van der Waals surface area contributed by atoms with Gasteiger partial charge in [0, 0.05) is 41.1 Å². The Morgan fingerprint density at radius 3 is 2.38 bits per heavy atom. The molecule has 29 heavy (non-hydrogen) atoms. The van der Waals surface area contributed by atoms with Gasteiger partial charge in [-0.25, -0.2) is 0 Å². The van der Waals surface area contributed by atoms with Crippen LogP contribution in [0.3, 0.4) is 0 Å². The highest BCUT2D eigenvalue weighted by Crippen LogP contribution is 2.38. The minimum absolute atomic E-state index is 0.0352. The van der Waals surface area contributed by atoms with Gasteiger partial charge in [0.05, 0.1) is 22.7 Å². The summed E-state index contributed by atoms with van der Waals surface area (Å²) in [6, 6.07) is 7.34. The monoisotopic (exact) mass is 396 g/mol. The standard InChI is InChI=1S/C23H28N2O4/c1-13(26)16-9-18-19-10-17(14(2)27)23(29)12-21(19)25(20(18)11-22(16)28)8-6-15-5-4-7-24(15)3/h9-13,15,26,28-29H,4-8H2,1-3H3. The number of nitrogens with zero attached hydrogens (tertiary/aromatic N) is 2. The van der Waals surface area contributed by atoms with E-state index >= 15 is 0 Å². The van der Waals surface area contributed by atoms with E-state index in [9.17, 15) is 20.1 Å². The number of carbonyl (C=O) groups is 1. The van der Waals surface area contributed by atoms with E-state index in [-0.39, 0.29) is 22.8 Å². The van der Waals surface area contributed by atoms with E-state index in [4.69, 9.17) is 0 Å². The molecule has 0 radical (unpaired) electrons. The van der Waals surface area contributed by atoms with Gasteiger partial charge in [0.15, 0.2) is 5.78 Å². The zero-order chi connectivity index (χ0) is 20.9. The first-order valence-electron chi connectivity index (χ1n) is 10.2. The molecule has 0 spiro atoms. The summed E-state index contributed by atoms with van der Waals surface area (Å²) < 4.78 is 2.10. The molecule has 4 rings (SSSR count). The van der Waals surface area contributed by atoms with E-state index in [1.54, 1.807) is 31.2 Å². The normalized spacial score (nSPS) is 18.7. The Morgan fingerprint density at radius 1 is 1.14 bits per heavy atom. The predicted octanol–water partition coefficient (Wildman–Crippen LogP) is 3.95. The minimum atomic E-state index is -0.811. The number of aliphatic hydroxyl groups excluding tert-OH is 1. The fraction of sp³-hybridized carbons (Fsp3) is 0.435. The second kappa shape index (κ2) is 7.35. The number of hydrogen-bond acceptors (Lipinski definition) is 5. The SMILES string of the molecule is CC(=O)c1cc2c3cc(C(C)O)c(O)cc3n(CCC3CCCN3C)c2cc1O. The first-order valence-corrected chi connectivity index (χ1v) is 10.2. The summed E-state index contributed by atoms with van der Waals surface area (Å²) in [5, 5.41) is 32.6. The molecule has 3 N–H and O–H groups in total. The number of Topliss-reactive ketones (excluding diaryl/α,β-unsaturated/α-hetero) is 1. The lowest BCUT2D eigenvalue weighted by Crippen LogP contribution is -2.26. The molecule has 1 saturated heterocycles. The van der Waals surface area contributed by atoms with Gasteiger partial charge < -0.3 is 24.8 Å². The zero-order valence-corrected chi connectivity index (χ0v) is 17.1. The Hall–Kier alpha value is -2.57. The van der Waals surface area contributed by atoms with Crippen molar-refractivity contribution in [3.63, 3.8) is 0 Å². The molecule has 2 heterocycles. The van der Waals surface area contributed by atoms with Crippen LogP contribution in [0.15, 0.2) is 24.3 Å². The van der Waals surface area contributed by atoms with Crippen LogP contribution in [0.1, 0.15) is 55.1 Å². The van der Waals surface area contributed by atoms with Gasteiger partial charge in [-0.1, -0.05) is 0 Å². The van der Waals surface area contributed by atoms with Crippen LogP contribution in [-0.2, 0) is 6.54 Å². The molecule has 1 aromatic heterocycles. The summed E-state index contributed by atoms with van der Waals surface area (Å²) in [5.41, 5.74) is 2.39. The molecule has 2 aromatic carbocycles. The zero-order valence-electron chi connectivity index (χ0n) is 17.1. The first-order chi connectivity index (χ1) is 13.8. The number of likely N-dealkylation sites (tertiary alicyclic amines) is 1. The van der Waals surface area contributed by atoms with Crippen LogP contribution < -0.4 is 0 Å². The van der Waals surface area contributed by atoms with Crippen molar-refractivity contribution in [1.29, 1.82) is 0 Å². The molecule has 1 fully saturated rings. The molecular formula is C23H28N2O4.